The van der Waals surface area contributed by atoms with E-state index in [4.69, 9.17) is 123 Å². The van der Waals surface area contributed by atoms with Gasteiger partial charge in [0.1, 0.15) is 54.4 Å². The molecule has 0 spiro atoms. The minimum Gasteiger partial charge on any atom is -0.456 e. The van der Waals surface area contributed by atoms with Crippen molar-refractivity contribution < 1.29 is 55.3 Å². The van der Waals surface area contributed by atoms with Gasteiger partial charge in [0.25, 0.3) is 0 Å². The van der Waals surface area contributed by atoms with E-state index in [-0.39, 0.29) is 57.7 Å². The number of halogens is 8. The van der Waals surface area contributed by atoms with Gasteiger partial charge in [-0.1, -0.05) is 141 Å². The molecule has 4 aliphatic rings. The van der Waals surface area contributed by atoms with Crippen LogP contribution in [-0.4, -0.2) is 177 Å². The molecule has 50 heteroatoms. The minimum atomic E-state index is -2.55. The van der Waals surface area contributed by atoms with Gasteiger partial charge in [-0.25, -0.2) is 66.3 Å². The molecule has 676 valence electrons. The number of likely N-dealkylation sites (N-methyl/N-ethyl adjacent to an activating group) is 1. The second-order valence-corrected chi connectivity index (χ2v) is 40.0. The minimum absolute atomic E-state index is 0.213. The number of ether oxygens (including phenoxy) is 2. The molecular formula is C78H80Cl8N24O14S4. The molecule has 4 unspecified atom stereocenters. The molecule has 3 N–H and O–H groups in total. The first-order chi connectivity index (χ1) is 60.6. The Hall–Kier alpha value is -11.9. The summed E-state index contributed by atoms with van der Waals surface area (Å²) in [5.74, 6) is 0.123. The van der Waals surface area contributed by atoms with Gasteiger partial charge in [-0.3, -0.25) is 29.8 Å². The molecule has 2 saturated heterocycles. The number of nitriles is 4. The molecule has 0 aliphatic carbocycles. The predicted octanol–water partition coefficient (Wildman–Crippen LogP) is 13.4. The maximum Gasteiger partial charge on any atom is 0.348 e. The van der Waals surface area contributed by atoms with E-state index in [9.17, 15) is 56.2 Å². The third-order valence-corrected chi connectivity index (χ3v) is 26.7. The van der Waals surface area contributed by atoms with E-state index in [1.54, 1.807) is 184 Å². The molecule has 12 rings (SSSR count). The number of rotatable bonds is 22. The number of hydrogen-bond donors (Lipinski definition) is 3. The molecule has 0 amide bonds. The van der Waals surface area contributed by atoms with Gasteiger partial charge in [0, 0.05) is 146 Å². The Balaban J connectivity index is 0.000000260. The Morgan fingerprint density at radius 1 is 0.492 bits per heavy atom. The number of nitrogens with zero attached hydrogens (tertiary/aromatic N) is 21. The van der Waals surface area contributed by atoms with Crippen molar-refractivity contribution >= 4 is 156 Å². The van der Waals surface area contributed by atoms with Crippen LogP contribution in [0, 0.1) is 66.0 Å². The van der Waals surface area contributed by atoms with Gasteiger partial charge in [-0.15, -0.1) is 17.5 Å². The molecule has 128 heavy (non-hydrogen) atoms. The number of allylic oxidation sites excluding steroid dienone is 2. The molecule has 8 aromatic heterocycles. The van der Waals surface area contributed by atoms with E-state index in [0.717, 1.165) is 55.9 Å². The Morgan fingerprint density at radius 3 is 1.09 bits per heavy atom. The van der Waals surface area contributed by atoms with Gasteiger partial charge in [0.05, 0.1) is 81.7 Å². The number of cyclic esters (lactones) is 2. The first kappa shape index (κ1) is 107. The fourth-order valence-corrected chi connectivity index (χ4v) is 15.2. The molecule has 7 atom stereocenters. The number of aromatic nitrogens is 8. The summed E-state index contributed by atoms with van der Waals surface area (Å²) < 4.78 is 70.6. The van der Waals surface area contributed by atoms with Crippen LogP contribution in [0.4, 0.5) is 0 Å². The zero-order chi connectivity index (χ0) is 94.9. The number of aldehydes is 2. The van der Waals surface area contributed by atoms with Gasteiger partial charge in [0.2, 0.25) is 37.3 Å². The number of esters is 2. The summed E-state index contributed by atoms with van der Waals surface area (Å²) in [6, 6.07) is 27.5. The van der Waals surface area contributed by atoms with E-state index in [1.165, 1.54) is 43.4 Å². The second-order valence-electron chi connectivity index (χ2n) is 26.7. The zero-order valence-corrected chi connectivity index (χ0v) is 78.3. The average Bonchev–Trinajstić information content (AvgIpc) is 1.32. The lowest BCUT2D eigenvalue weighted by molar-refractivity contribution is -0.419. The van der Waals surface area contributed by atoms with Crippen molar-refractivity contribution in [3.8, 4) is 24.8 Å². The van der Waals surface area contributed by atoms with Crippen LogP contribution < -0.4 is 16.0 Å². The van der Waals surface area contributed by atoms with E-state index < -0.39 is 60.2 Å². The standard InChI is InChI=1S/2C11H11ClN4O3.C11H11ClN2O2.C10H9ClN2O2.3C9H10ClN3OS.C8H8ClN3OS/c2*12-10-2-1-8(5-14-10)6-15-4-3-13-11(15)9(7-17)16(18)19;1-14(9-4-11(15)16-7-9)6-8-2-3-10(12)13-5-8;11-9-2-1-7(5-13-9)4-12-8-3-10(14)15-6-8;3*1-7(15(2,14)13-6-11)8-3-4-9(10)12-5-8;1-14(13,12-6-10)5-7-2-3-8(9)11-4-7/h2*1-2,5,7,13H,3-4,6H2;2-5H,6-7H2,1H3;1-3,5,12H,4,6H2;3*3-5,7H,1-2H3;2-4H,5H2,1H3/b11-9+;11-9-;;;;;;/t;;;;7?,15-;7-,15+;;/m....01../s1. The maximum absolute atomic E-state index is 11.9. The number of nitrogens with one attached hydrogen (secondary N) is 3. The Morgan fingerprint density at radius 2 is 0.805 bits per heavy atom. The second kappa shape index (κ2) is 53.0. The summed E-state index contributed by atoms with van der Waals surface area (Å²) in [6.07, 6.45) is 28.3. The third kappa shape index (κ3) is 37.2. The van der Waals surface area contributed by atoms with E-state index in [2.05, 4.69) is 73.3 Å². The fourth-order valence-electron chi connectivity index (χ4n) is 10.4. The summed E-state index contributed by atoms with van der Waals surface area (Å²) >= 11 is 45.2. The normalized spacial score (nSPS) is 15.8. The van der Waals surface area contributed by atoms with Crippen LogP contribution in [0.3, 0.4) is 0 Å². The quantitative estimate of drug-likeness (QED) is 0.0108. The van der Waals surface area contributed by atoms with E-state index >= 15 is 0 Å². The Kier molecular flexibility index (Phi) is 44.2. The highest BCUT2D eigenvalue weighted by Gasteiger charge is 2.30. The van der Waals surface area contributed by atoms with Crippen molar-refractivity contribution in [3.63, 3.8) is 0 Å². The third-order valence-electron chi connectivity index (χ3n) is 17.5. The van der Waals surface area contributed by atoms with Gasteiger partial charge >= 0.3 is 23.3 Å². The lowest BCUT2D eigenvalue weighted by atomic mass is 10.2. The topological polar surface area (TPSA) is 535 Å². The fraction of sp³-hybridized carbons (Fsp3) is 0.282. The van der Waals surface area contributed by atoms with Crippen LogP contribution in [0.15, 0.2) is 211 Å². The van der Waals surface area contributed by atoms with Gasteiger partial charge in [0.15, 0.2) is 11.6 Å². The highest BCUT2D eigenvalue weighted by atomic mass is 35.5. The van der Waals surface area contributed by atoms with Crippen LogP contribution in [-0.2, 0) is 99.5 Å². The molecule has 38 nitrogen and oxygen atoms in total. The number of pyridine rings is 8. The van der Waals surface area contributed by atoms with Crippen molar-refractivity contribution in [1.82, 2.24) is 70.5 Å². The molecule has 0 saturated carbocycles. The SMILES string of the molecule is CC(c1ccc(Cl)nc1)S(C)(=O)=NC#N.CC(c1ccc(Cl)nc1)[S@](C)(=O)=NC#N.CN(Cc1ccc(Cl)nc1)C1=CC(=O)OC1.CS(=O)(Cc1ccc(Cl)nc1)=NC#N.C[C@H](c1ccc(Cl)nc1)[S@](C)(=O)=NC#N.O=C/C(=C1/NCCN1Cc1ccc(Cl)nc1)[N+](=O)[O-].O=C/C(=C1\NCCN1Cc1ccc(Cl)nc1)[N+](=O)[O-].O=C1C=C(NCc2ccc(Cl)nc2)CO1. The molecule has 0 aromatic carbocycles. The van der Waals surface area contributed by atoms with Crippen LogP contribution >= 0.6 is 92.8 Å². The van der Waals surface area contributed by atoms with Crippen LogP contribution in [0.5, 0.6) is 0 Å². The van der Waals surface area contributed by atoms with Gasteiger partial charge < -0.3 is 40.1 Å². The number of nitro groups is 2. The predicted molar refractivity (Wildman–Crippen MR) is 485 cm³/mol. The highest BCUT2D eigenvalue weighted by molar-refractivity contribution is 7.93. The molecule has 12 heterocycles. The lowest BCUT2D eigenvalue weighted by Gasteiger charge is -2.18. The summed E-state index contributed by atoms with van der Waals surface area (Å²) in [5, 5.41) is 66.1. The van der Waals surface area contributed by atoms with E-state index in [1.807, 2.05) is 24.1 Å². The summed E-state index contributed by atoms with van der Waals surface area (Å²) in [5.41, 5.74) is 7.52. The Labute approximate surface area is 778 Å². The molecule has 4 aliphatic heterocycles. The monoisotopic (exact) mass is 1980 g/mol. The van der Waals surface area contributed by atoms with Crippen LogP contribution in [0.25, 0.3) is 0 Å². The summed E-state index contributed by atoms with van der Waals surface area (Å²) in [7, 11) is -8.20. The molecule has 0 bridgehead atoms. The smallest absolute Gasteiger partial charge is 0.348 e. The van der Waals surface area contributed by atoms with Crippen LogP contribution in [0.2, 0.25) is 41.2 Å². The van der Waals surface area contributed by atoms with E-state index in [0.29, 0.717) is 107 Å². The molecule has 2 fully saturated rings. The average molecular weight is 1990 g/mol. The highest BCUT2D eigenvalue weighted by Crippen LogP contribution is 2.27. The van der Waals surface area contributed by atoms with Crippen LogP contribution in [0.1, 0.15) is 81.0 Å². The number of carbonyl (C=O) groups is 4. The van der Waals surface area contributed by atoms with Crippen molar-refractivity contribution in [2.45, 2.75) is 68.5 Å². The first-order valence-electron chi connectivity index (χ1n) is 36.6. The van der Waals surface area contributed by atoms with Crippen molar-refractivity contribution in [3.05, 3.63) is 299 Å². The zero-order valence-electron chi connectivity index (χ0n) is 68.9. The largest absolute Gasteiger partial charge is 0.456 e. The number of hydrogen-bond acceptors (Lipinski definition) is 36. The maximum atomic E-state index is 11.9. The van der Waals surface area contributed by atoms with Crippen molar-refractivity contribution in [2.24, 2.45) is 17.5 Å². The molecular weight excluding hydrogens is 1910 g/mol. The summed E-state index contributed by atoms with van der Waals surface area (Å²) in [6.45, 7) is 10.3. The van der Waals surface area contributed by atoms with Crippen molar-refractivity contribution in [2.75, 3.05) is 71.5 Å². The van der Waals surface area contributed by atoms with Crippen molar-refractivity contribution in [1.29, 1.82) is 21.0 Å². The molecule has 0 radical (unpaired) electrons. The first-order valence-corrected chi connectivity index (χ1v) is 47.7. The molecule has 8 aromatic rings. The lowest BCUT2D eigenvalue weighted by Crippen LogP contribution is -2.24. The van der Waals surface area contributed by atoms with Gasteiger partial charge in [-0.05, 0) is 114 Å². The Bertz CT molecular complexity index is 5730. The summed E-state index contributed by atoms with van der Waals surface area (Å²) in [4.78, 5) is 100. The number of carbonyl (C=O) groups excluding carboxylic acids is 4. The van der Waals surface area contributed by atoms with Gasteiger partial charge in [-0.2, -0.15) is 21.0 Å².